The summed E-state index contributed by atoms with van der Waals surface area (Å²) in [5.41, 5.74) is 0.199. The van der Waals surface area contributed by atoms with Gasteiger partial charge in [-0.15, -0.1) is 0 Å². The number of benzene rings is 1. The fourth-order valence-electron chi connectivity index (χ4n) is 3.28. The highest BCUT2D eigenvalue weighted by atomic mass is 19.1. The van der Waals surface area contributed by atoms with Crippen molar-refractivity contribution in [2.75, 3.05) is 18.4 Å². The first-order chi connectivity index (χ1) is 13.1. The molecule has 2 N–H and O–H groups in total. The van der Waals surface area contributed by atoms with Crippen LogP contribution in [0, 0.1) is 11.7 Å². The predicted molar refractivity (Wildman–Crippen MR) is 99.5 cm³/mol. The Bertz CT molecular complexity index is 764. The quantitative estimate of drug-likeness (QED) is 0.810. The molecule has 3 rings (SSSR count). The first-order valence-corrected chi connectivity index (χ1v) is 9.21. The monoisotopic (exact) mass is 373 g/mol. The van der Waals surface area contributed by atoms with Crippen molar-refractivity contribution in [3.8, 4) is 0 Å². The molecule has 0 saturated carbocycles. The van der Waals surface area contributed by atoms with Gasteiger partial charge in [0.1, 0.15) is 11.6 Å². The average Bonchev–Trinajstić information content (AvgIpc) is 3.20. The Morgan fingerprint density at radius 3 is 2.85 bits per heavy atom. The third kappa shape index (κ3) is 5.57. The molecule has 0 bridgehead atoms. The van der Waals surface area contributed by atoms with E-state index in [9.17, 15) is 14.0 Å². The van der Waals surface area contributed by atoms with Crippen LogP contribution in [-0.4, -0.2) is 29.9 Å². The van der Waals surface area contributed by atoms with E-state index in [0.717, 1.165) is 12.8 Å². The fraction of sp³-hybridized carbons (Fsp3) is 0.400. The second kappa shape index (κ2) is 9.21. The van der Waals surface area contributed by atoms with E-state index in [1.54, 1.807) is 35.4 Å². The van der Waals surface area contributed by atoms with Crippen molar-refractivity contribution in [3.05, 3.63) is 54.2 Å². The lowest BCUT2D eigenvalue weighted by atomic mass is 9.93. The van der Waals surface area contributed by atoms with Gasteiger partial charge in [0, 0.05) is 19.5 Å². The summed E-state index contributed by atoms with van der Waals surface area (Å²) < 4.78 is 18.8. The van der Waals surface area contributed by atoms with Gasteiger partial charge in [0.15, 0.2) is 0 Å². The van der Waals surface area contributed by atoms with E-state index in [0.29, 0.717) is 38.2 Å². The smallest absolute Gasteiger partial charge is 0.317 e. The van der Waals surface area contributed by atoms with Crippen LogP contribution in [0.25, 0.3) is 0 Å². The molecule has 6 nitrogen and oxygen atoms in total. The normalized spacial score (nSPS) is 16.8. The van der Waals surface area contributed by atoms with Gasteiger partial charge in [-0.25, -0.2) is 9.18 Å². The molecule has 1 fully saturated rings. The van der Waals surface area contributed by atoms with Crippen LogP contribution < -0.4 is 10.6 Å². The Labute approximate surface area is 157 Å². The predicted octanol–water partition coefficient (Wildman–Crippen LogP) is 3.76. The minimum atomic E-state index is -0.442. The summed E-state index contributed by atoms with van der Waals surface area (Å²) in [6.45, 7) is 1.69. The number of rotatable bonds is 6. The van der Waals surface area contributed by atoms with Gasteiger partial charge < -0.3 is 20.0 Å². The fourth-order valence-corrected chi connectivity index (χ4v) is 3.28. The van der Waals surface area contributed by atoms with Crippen LogP contribution in [-0.2, 0) is 11.3 Å². The summed E-state index contributed by atoms with van der Waals surface area (Å²) >= 11 is 0. The first kappa shape index (κ1) is 18.9. The summed E-state index contributed by atoms with van der Waals surface area (Å²) in [6, 6.07) is 9.59. The molecule has 144 valence electrons. The third-order valence-electron chi connectivity index (χ3n) is 4.73. The highest BCUT2D eigenvalue weighted by Gasteiger charge is 2.24. The highest BCUT2D eigenvalue weighted by Crippen LogP contribution is 2.22. The Morgan fingerprint density at radius 1 is 1.22 bits per heavy atom. The van der Waals surface area contributed by atoms with E-state index in [1.165, 1.54) is 6.07 Å². The molecular formula is C20H24FN3O3. The molecule has 1 atom stereocenters. The van der Waals surface area contributed by atoms with Crippen molar-refractivity contribution in [2.45, 2.75) is 32.2 Å². The molecule has 2 heterocycles. The molecule has 0 unspecified atom stereocenters. The van der Waals surface area contributed by atoms with E-state index >= 15 is 0 Å². The summed E-state index contributed by atoms with van der Waals surface area (Å²) in [7, 11) is 0. The number of piperidine rings is 1. The molecule has 27 heavy (non-hydrogen) atoms. The van der Waals surface area contributed by atoms with Crippen molar-refractivity contribution in [3.63, 3.8) is 0 Å². The molecule has 0 radical (unpaired) electrons. The van der Waals surface area contributed by atoms with Gasteiger partial charge in [0.25, 0.3) is 0 Å². The number of amides is 3. The highest BCUT2D eigenvalue weighted by molar-refractivity contribution is 5.90. The second-order valence-corrected chi connectivity index (χ2v) is 6.76. The van der Waals surface area contributed by atoms with Gasteiger partial charge in [0.2, 0.25) is 5.91 Å². The first-order valence-electron chi connectivity index (χ1n) is 9.21. The van der Waals surface area contributed by atoms with E-state index in [1.807, 2.05) is 6.07 Å². The Balaban J connectivity index is 1.42. The van der Waals surface area contributed by atoms with Gasteiger partial charge in [-0.1, -0.05) is 12.1 Å². The van der Waals surface area contributed by atoms with E-state index in [2.05, 4.69) is 10.6 Å². The number of carbonyl (C=O) groups excluding carboxylic acids is 2. The van der Waals surface area contributed by atoms with E-state index < -0.39 is 5.82 Å². The number of likely N-dealkylation sites (tertiary alicyclic amines) is 1. The standard InChI is InChI=1S/C20H24FN3O3/c21-17-7-1-2-8-18(17)23-19(25)10-9-15-5-3-11-24(14-15)20(26)22-13-16-6-4-12-27-16/h1-2,4,6-8,12,15H,3,5,9-11,13-14H2,(H,22,26)(H,23,25)/t15-/m1/s1. The number of halogens is 1. The molecule has 1 saturated heterocycles. The number of nitrogens with zero attached hydrogens (tertiary/aromatic N) is 1. The third-order valence-corrected chi connectivity index (χ3v) is 4.73. The number of nitrogens with one attached hydrogen (secondary N) is 2. The topological polar surface area (TPSA) is 74.6 Å². The minimum Gasteiger partial charge on any atom is -0.467 e. The SMILES string of the molecule is O=C(CC[C@H]1CCCN(C(=O)NCc2ccco2)C1)Nc1ccccc1F. The molecule has 1 aliphatic rings. The van der Waals surface area contributed by atoms with Crippen molar-refractivity contribution in [1.82, 2.24) is 10.2 Å². The lowest BCUT2D eigenvalue weighted by Gasteiger charge is -2.32. The van der Waals surface area contributed by atoms with Crippen LogP contribution in [0.3, 0.4) is 0 Å². The van der Waals surface area contributed by atoms with E-state index in [4.69, 9.17) is 4.42 Å². The Hall–Kier alpha value is -2.83. The van der Waals surface area contributed by atoms with E-state index in [-0.39, 0.29) is 23.5 Å². The molecule has 3 amide bonds. The number of furan rings is 1. The zero-order valence-corrected chi connectivity index (χ0v) is 15.1. The summed E-state index contributed by atoms with van der Waals surface area (Å²) in [6.07, 6.45) is 4.44. The molecule has 1 aliphatic heterocycles. The van der Waals surface area contributed by atoms with Crippen LogP contribution in [0.2, 0.25) is 0 Å². The Kier molecular flexibility index (Phi) is 6.46. The molecule has 7 heteroatoms. The zero-order chi connectivity index (χ0) is 19.1. The number of hydrogen-bond acceptors (Lipinski definition) is 3. The lowest BCUT2D eigenvalue weighted by Crippen LogP contribution is -2.45. The number of carbonyl (C=O) groups is 2. The van der Waals surface area contributed by atoms with Crippen LogP contribution in [0.5, 0.6) is 0 Å². The van der Waals surface area contributed by atoms with Crippen LogP contribution in [0.1, 0.15) is 31.4 Å². The molecule has 0 aliphatic carbocycles. The number of urea groups is 1. The number of anilines is 1. The zero-order valence-electron chi connectivity index (χ0n) is 15.1. The average molecular weight is 373 g/mol. The van der Waals surface area contributed by atoms with Gasteiger partial charge >= 0.3 is 6.03 Å². The lowest BCUT2D eigenvalue weighted by molar-refractivity contribution is -0.116. The summed E-state index contributed by atoms with van der Waals surface area (Å²) in [5, 5.41) is 5.45. The van der Waals surface area contributed by atoms with Gasteiger partial charge in [-0.3, -0.25) is 4.79 Å². The summed E-state index contributed by atoms with van der Waals surface area (Å²) in [5.74, 6) is 0.323. The maximum absolute atomic E-state index is 13.6. The Morgan fingerprint density at radius 2 is 2.07 bits per heavy atom. The van der Waals surface area contributed by atoms with Crippen LogP contribution >= 0.6 is 0 Å². The number of para-hydroxylation sites is 1. The maximum Gasteiger partial charge on any atom is 0.317 e. The second-order valence-electron chi connectivity index (χ2n) is 6.76. The van der Waals surface area contributed by atoms with Gasteiger partial charge in [-0.05, 0) is 49.4 Å². The maximum atomic E-state index is 13.6. The largest absolute Gasteiger partial charge is 0.467 e. The van der Waals surface area contributed by atoms with Crippen molar-refractivity contribution >= 4 is 17.6 Å². The van der Waals surface area contributed by atoms with Gasteiger partial charge in [-0.2, -0.15) is 0 Å². The van der Waals surface area contributed by atoms with Gasteiger partial charge in [0.05, 0.1) is 18.5 Å². The molecular weight excluding hydrogens is 349 g/mol. The molecule has 0 spiro atoms. The van der Waals surface area contributed by atoms with Crippen molar-refractivity contribution < 1.29 is 18.4 Å². The molecule has 1 aromatic carbocycles. The molecule has 1 aromatic heterocycles. The minimum absolute atomic E-state index is 0.119. The summed E-state index contributed by atoms with van der Waals surface area (Å²) in [4.78, 5) is 26.2. The molecule has 2 aromatic rings. The van der Waals surface area contributed by atoms with Crippen LogP contribution in [0.4, 0.5) is 14.9 Å². The van der Waals surface area contributed by atoms with Crippen molar-refractivity contribution in [1.29, 1.82) is 0 Å². The number of hydrogen-bond donors (Lipinski definition) is 2. The van der Waals surface area contributed by atoms with Crippen LogP contribution in [0.15, 0.2) is 47.1 Å². The van der Waals surface area contributed by atoms with Crippen molar-refractivity contribution in [2.24, 2.45) is 5.92 Å².